The van der Waals surface area contributed by atoms with Crippen molar-refractivity contribution in [2.75, 3.05) is 26.2 Å². The summed E-state index contributed by atoms with van der Waals surface area (Å²) in [5.41, 5.74) is 4.20. The van der Waals surface area contributed by atoms with E-state index in [1.807, 2.05) is 55.8 Å². The first-order valence-corrected chi connectivity index (χ1v) is 13.9. The highest BCUT2D eigenvalue weighted by Crippen LogP contribution is 2.40. The van der Waals surface area contributed by atoms with Gasteiger partial charge in [-0.2, -0.15) is 0 Å². The van der Waals surface area contributed by atoms with Crippen LogP contribution in [0.25, 0.3) is 5.69 Å². The molecule has 0 saturated heterocycles. The molecule has 0 N–H and O–H groups in total. The summed E-state index contributed by atoms with van der Waals surface area (Å²) < 4.78 is 19.5. The fourth-order valence-corrected chi connectivity index (χ4v) is 5.13. The Kier molecular flexibility index (Phi) is 7.74. The van der Waals surface area contributed by atoms with Crippen molar-refractivity contribution in [2.45, 2.75) is 65.2 Å². The Labute approximate surface area is 235 Å². The third-order valence-electron chi connectivity index (χ3n) is 7.18. The molecule has 0 bridgehead atoms. The van der Waals surface area contributed by atoms with E-state index in [1.165, 1.54) is 5.56 Å². The van der Waals surface area contributed by atoms with Crippen LogP contribution in [-0.4, -0.2) is 63.6 Å². The molecule has 5 rings (SSSR count). The van der Waals surface area contributed by atoms with Gasteiger partial charge in [0.15, 0.2) is 0 Å². The predicted molar refractivity (Wildman–Crippen MR) is 151 cm³/mol. The molecule has 0 aliphatic carbocycles. The molecule has 40 heavy (non-hydrogen) atoms. The maximum atomic E-state index is 13.4. The van der Waals surface area contributed by atoms with Crippen LogP contribution in [0.3, 0.4) is 0 Å². The van der Waals surface area contributed by atoms with Crippen molar-refractivity contribution in [1.82, 2.24) is 19.6 Å². The van der Waals surface area contributed by atoms with Gasteiger partial charge in [-0.1, -0.05) is 56.3 Å². The molecule has 3 aromatic rings. The standard InChI is InChI=1S/C31H38N4O5/c1-21(2)23-11-13-24(14-12-23)35-25-15-16-34(30(37)40-31(3,4)5)26-19-33(17-18-38-28(32-35)27(25)26)29(36)39-20-22-9-7-6-8-10-22/h6-14,21,26H,15-20H2,1-5H3. The maximum Gasteiger partial charge on any atom is 0.410 e. The first kappa shape index (κ1) is 27.6. The summed E-state index contributed by atoms with van der Waals surface area (Å²) in [7, 11) is 0. The van der Waals surface area contributed by atoms with E-state index in [2.05, 4.69) is 38.1 Å². The molecule has 1 unspecified atom stereocenters. The molecule has 2 aromatic carbocycles. The molecule has 2 aliphatic rings. The largest absolute Gasteiger partial charge is 0.474 e. The first-order valence-electron chi connectivity index (χ1n) is 13.9. The van der Waals surface area contributed by atoms with Gasteiger partial charge in [0.25, 0.3) is 0 Å². The van der Waals surface area contributed by atoms with E-state index in [1.54, 1.807) is 9.80 Å². The molecule has 212 valence electrons. The summed E-state index contributed by atoms with van der Waals surface area (Å²) in [5, 5.41) is 4.85. The minimum Gasteiger partial charge on any atom is -0.474 e. The molecule has 2 aliphatic heterocycles. The summed E-state index contributed by atoms with van der Waals surface area (Å²) in [4.78, 5) is 29.9. The molecule has 9 nitrogen and oxygen atoms in total. The van der Waals surface area contributed by atoms with Crippen LogP contribution >= 0.6 is 0 Å². The number of amides is 2. The SMILES string of the molecule is CC(C)c1ccc(-n2nc3c4c2CCN(C(=O)OC(C)(C)C)C4CN(C(=O)OCc2ccccc2)CCO3)cc1. The average Bonchev–Trinajstić information content (AvgIpc) is 3.28. The predicted octanol–water partition coefficient (Wildman–Crippen LogP) is 5.86. The van der Waals surface area contributed by atoms with E-state index in [9.17, 15) is 9.59 Å². The third kappa shape index (κ3) is 5.93. The van der Waals surface area contributed by atoms with Gasteiger partial charge < -0.3 is 19.1 Å². The van der Waals surface area contributed by atoms with Crippen molar-refractivity contribution in [3.63, 3.8) is 0 Å². The Morgan fingerprint density at radius 1 is 1.02 bits per heavy atom. The zero-order chi connectivity index (χ0) is 28.4. The molecular formula is C31H38N4O5. The molecule has 9 heteroatoms. The van der Waals surface area contributed by atoms with E-state index in [0.717, 1.165) is 22.5 Å². The van der Waals surface area contributed by atoms with Crippen LogP contribution in [0, 0.1) is 0 Å². The molecule has 0 fully saturated rings. The summed E-state index contributed by atoms with van der Waals surface area (Å²) in [6, 6.07) is 17.4. The highest BCUT2D eigenvalue weighted by Gasteiger charge is 2.41. The highest BCUT2D eigenvalue weighted by molar-refractivity contribution is 5.71. The van der Waals surface area contributed by atoms with Crippen molar-refractivity contribution in [3.8, 4) is 11.6 Å². The van der Waals surface area contributed by atoms with Gasteiger partial charge in [0, 0.05) is 19.5 Å². The smallest absolute Gasteiger partial charge is 0.410 e. The minimum atomic E-state index is -0.658. The fourth-order valence-electron chi connectivity index (χ4n) is 5.13. The lowest BCUT2D eigenvalue weighted by atomic mass is 9.97. The molecule has 2 amide bonds. The van der Waals surface area contributed by atoms with Gasteiger partial charge in [0.05, 0.1) is 29.5 Å². The normalized spacial score (nSPS) is 17.0. The van der Waals surface area contributed by atoms with Gasteiger partial charge >= 0.3 is 12.2 Å². The second kappa shape index (κ2) is 11.2. The fraction of sp³-hybridized carbons (Fsp3) is 0.452. The van der Waals surface area contributed by atoms with Gasteiger partial charge in [-0.15, -0.1) is 5.10 Å². The lowest BCUT2D eigenvalue weighted by Gasteiger charge is -2.40. The lowest BCUT2D eigenvalue weighted by molar-refractivity contribution is 0.00636. The summed E-state index contributed by atoms with van der Waals surface area (Å²) in [6.45, 7) is 11.3. The first-order chi connectivity index (χ1) is 19.1. The number of carbonyl (C=O) groups excluding carboxylic acids is 2. The third-order valence-corrected chi connectivity index (χ3v) is 7.18. The monoisotopic (exact) mass is 546 g/mol. The number of nitrogens with zero attached hydrogens (tertiary/aromatic N) is 4. The van der Waals surface area contributed by atoms with Crippen LogP contribution < -0.4 is 4.74 Å². The number of rotatable bonds is 4. The van der Waals surface area contributed by atoms with Crippen LogP contribution in [0.15, 0.2) is 54.6 Å². The summed E-state index contributed by atoms with van der Waals surface area (Å²) in [5.74, 6) is 0.909. The lowest BCUT2D eigenvalue weighted by Crippen LogP contribution is -2.49. The zero-order valence-corrected chi connectivity index (χ0v) is 23.9. The van der Waals surface area contributed by atoms with Crippen LogP contribution in [0.1, 0.15) is 69.0 Å². The Hall–Kier alpha value is -4.01. The Morgan fingerprint density at radius 2 is 1.75 bits per heavy atom. The molecule has 1 aromatic heterocycles. The van der Waals surface area contributed by atoms with Crippen molar-refractivity contribution in [1.29, 1.82) is 0 Å². The van der Waals surface area contributed by atoms with Gasteiger partial charge in [-0.05, 0) is 49.9 Å². The van der Waals surface area contributed by atoms with E-state index in [4.69, 9.17) is 19.3 Å². The van der Waals surface area contributed by atoms with Crippen LogP contribution in [0.2, 0.25) is 0 Å². The molecule has 0 radical (unpaired) electrons. The van der Waals surface area contributed by atoms with Gasteiger partial charge in [0.1, 0.15) is 18.8 Å². The Morgan fingerprint density at radius 3 is 2.42 bits per heavy atom. The van der Waals surface area contributed by atoms with Crippen LogP contribution in [0.5, 0.6) is 5.88 Å². The van der Waals surface area contributed by atoms with Crippen molar-refractivity contribution < 1.29 is 23.8 Å². The number of hydrogen-bond donors (Lipinski definition) is 0. The number of aromatic nitrogens is 2. The Bertz CT molecular complexity index is 1340. The molecule has 0 saturated carbocycles. The van der Waals surface area contributed by atoms with E-state index in [0.29, 0.717) is 31.3 Å². The van der Waals surface area contributed by atoms with Crippen LogP contribution in [-0.2, 0) is 22.5 Å². The Balaban J connectivity index is 1.47. The van der Waals surface area contributed by atoms with E-state index in [-0.39, 0.29) is 19.8 Å². The van der Waals surface area contributed by atoms with Crippen molar-refractivity contribution >= 4 is 12.2 Å². The molecule has 1 atom stereocenters. The van der Waals surface area contributed by atoms with Gasteiger partial charge in [-0.25, -0.2) is 14.3 Å². The number of benzene rings is 2. The quantitative estimate of drug-likeness (QED) is 0.407. The highest BCUT2D eigenvalue weighted by atomic mass is 16.6. The molecule has 0 spiro atoms. The van der Waals surface area contributed by atoms with Crippen molar-refractivity contribution in [3.05, 3.63) is 77.0 Å². The zero-order valence-electron chi connectivity index (χ0n) is 23.9. The maximum absolute atomic E-state index is 13.4. The van der Waals surface area contributed by atoms with E-state index < -0.39 is 23.8 Å². The van der Waals surface area contributed by atoms with Gasteiger partial charge in [0.2, 0.25) is 5.88 Å². The van der Waals surface area contributed by atoms with Gasteiger partial charge in [-0.3, -0.25) is 4.90 Å². The second-order valence-electron chi connectivity index (χ2n) is 11.6. The topological polar surface area (TPSA) is 86.1 Å². The summed E-state index contributed by atoms with van der Waals surface area (Å²) in [6.07, 6.45) is -0.309. The summed E-state index contributed by atoms with van der Waals surface area (Å²) >= 11 is 0. The number of carbonyl (C=O) groups is 2. The number of ether oxygens (including phenoxy) is 3. The molecular weight excluding hydrogens is 508 g/mol. The average molecular weight is 547 g/mol. The van der Waals surface area contributed by atoms with Crippen molar-refractivity contribution in [2.24, 2.45) is 0 Å². The number of hydrogen-bond acceptors (Lipinski definition) is 6. The molecule has 3 heterocycles. The van der Waals surface area contributed by atoms with E-state index >= 15 is 0 Å². The van der Waals surface area contributed by atoms with Crippen LogP contribution in [0.4, 0.5) is 9.59 Å². The second-order valence-corrected chi connectivity index (χ2v) is 11.6. The minimum absolute atomic E-state index is 0.165.